The zero-order valence-electron chi connectivity index (χ0n) is 15.0. The van der Waals surface area contributed by atoms with Crippen LogP contribution in [0.3, 0.4) is 0 Å². The molecule has 5 nitrogen and oxygen atoms in total. The lowest BCUT2D eigenvalue weighted by molar-refractivity contribution is 0.0115. The molecule has 0 radical (unpaired) electrons. The van der Waals surface area contributed by atoms with Crippen molar-refractivity contribution in [3.63, 3.8) is 0 Å². The highest BCUT2D eigenvalue weighted by Gasteiger charge is 2.27. The lowest BCUT2D eigenvalue weighted by Gasteiger charge is -2.33. The number of piperidine rings is 1. The number of likely N-dealkylation sites (tertiary alicyclic amines) is 1. The molecule has 1 heterocycles. The fourth-order valence-electron chi connectivity index (χ4n) is 2.68. The summed E-state index contributed by atoms with van der Waals surface area (Å²) in [5.41, 5.74) is 1.06. The van der Waals surface area contributed by atoms with Crippen molar-refractivity contribution in [2.45, 2.75) is 46.1 Å². The Morgan fingerprint density at radius 1 is 1.17 bits per heavy atom. The van der Waals surface area contributed by atoms with Gasteiger partial charge in [0.15, 0.2) is 0 Å². The molecule has 1 aliphatic rings. The maximum absolute atomic E-state index is 12.1. The van der Waals surface area contributed by atoms with Gasteiger partial charge in [-0.05, 0) is 58.1 Å². The quantitative estimate of drug-likeness (QED) is 0.790. The minimum absolute atomic E-state index is 0.266. The zero-order valence-corrected chi connectivity index (χ0v) is 15.0. The highest BCUT2D eigenvalue weighted by Crippen LogP contribution is 2.20. The fraction of sp³-hybridized carbons (Fsp3) is 0.579. The Labute approximate surface area is 143 Å². The van der Waals surface area contributed by atoms with Crippen molar-refractivity contribution in [1.29, 1.82) is 0 Å². The van der Waals surface area contributed by atoms with Gasteiger partial charge in [-0.1, -0.05) is 18.2 Å². The second kappa shape index (κ2) is 7.69. The van der Waals surface area contributed by atoms with Gasteiger partial charge in [0.2, 0.25) is 0 Å². The fourth-order valence-corrected chi connectivity index (χ4v) is 2.68. The number of amides is 1. The van der Waals surface area contributed by atoms with E-state index in [0.29, 0.717) is 25.3 Å². The number of carbonyl (C=O) groups excluding carboxylic acids is 2. The Balaban J connectivity index is 1.76. The summed E-state index contributed by atoms with van der Waals surface area (Å²) < 4.78 is 10.8. The number of hydrogen-bond acceptors (Lipinski definition) is 4. The molecular formula is C19H27NO4. The number of esters is 1. The number of carbonyl (C=O) groups is 2. The average Bonchev–Trinajstić information content (AvgIpc) is 2.52. The van der Waals surface area contributed by atoms with Crippen LogP contribution >= 0.6 is 0 Å². The smallest absolute Gasteiger partial charge is 0.410 e. The second-order valence-corrected chi connectivity index (χ2v) is 7.32. The van der Waals surface area contributed by atoms with Crippen LogP contribution in [0.1, 0.15) is 49.5 Å². The molecule has 1 aliphatic heterocycles. The predicted molar refractivity (Wildman–Crippen MR) is 92.0 cm³/mol. The lowest BCUT2D eigenvalue weighted by Crippen LogP contribution is -2.42. The standard InChI is InChI=1S/C19H27NO4/c1-14-7-5-6-8-16(14)17(21)23-13-15-9-11-20(12-10-15)18(22)24-19(2,3)4/h5-8,15H,9-13H2,1-4H3. The Morgan fingerprint density at radius 2 is 1.79 bits per heavy atom. The van der Waals surface area contributed by atoms with Gasteiger partial charge >= 0.3 is 12.1 Å². The van der Waals surface area contributed by atoms with E-state index in [0.717, 1.165) is 18.4 Å². The molecule has 1 amide bonds. The van der Waals surface area contributed by atoms with E-state index in [1.54, 1.807) is 11.0 Å². The van der Waals surface area contributed by atoms with Gasteiger partial charge in [0.05, 0.1) is 12.2 Å². The first-order valence-corrected chi connectivity index (χ1v) is 8.47. The second-order valence-electron chi connectivity index (χ2n) is 7.32. The van der Waals surface area contributed by atoms with Crippen LogP contribution in [0.5, 0.6) is 0 Å². The highest BCUT2D eigenvalue weighted by atomic mass is 16.6. The van der Waals surface area contributed by atoms with Gasteiger partial charge < -0.3 is 14.4 Å². The molecule has 1 fully saturated rings. The topological polar surface area (TPSA) is 55.8 Å². The third kappa shape index (κ3) is 5.25. The zero-order chi connectivity index (χ0) is 17.7. The largest absolute Gasteiger partial charge is 0.462 e. The number of benzene rings is 1. The Kier molecular flexibility index (Phi) is 5.86. The molecule has 0 aromatic heterocycles. The molecule has 2 rings (SSSR count). The van der Waals surface area contributed by atoms with Crippen molar-refractivity contribution in [1.82, 2.24) is 4.90 Å². The number of nitrogens with zero attached hydrogens (tertiary/aromatic N) is 1. The minimum atomic E-state index is -0.475. The number of hydrogen-bond donors (Lipinski definition) is 0. The highest BCUT2D eigenvalue weighted by molar-refractivity contribution is 5.90. The molecule has 0 atom stereocenters. The Bertz CT molecular complexity index is 583. The van der Waals surface area contributed by atoms with E-state index in [-0.39, 0.29) is 18.0 Å². The summed E-state index contributed by atoms with van der Waals surface area (Å²) >= 11 is 0. The van der Waals surface area contributed by atoms with Crippen molar-refractivity contribution in [2.75, 3.05) is 19.7 Å². The van der Waals surface area contributed by atoms with Crippen LogP contribution in [0.25, 0.3) is 0 Å². The first-order valence-electron chi connectivity index (χ1n) is 8.47. The summed E-state index contributed by atoms with van der Waals surface area (Å²) in [6.45, 7) is 9.17. The molecule has 0 saturated carbocycles. The molecule has 1 aromatic carbocycles. The molecule has 0 N–H and O–H groups in total. The van der Waals surface area contributed by atoms with Crippen LogP contribution in [-0.2, 0) is 9.47 Å². The van der Waals surface area contributed by atoms with Crippen LogP contribution in [0.15, 0.2) is 24.3 Å². The Hall–Kier alpha value is -2.04. The summed E-state index contributed by atoms with van der Waals surface area (Å²) in [4.78, 5) is 25.9. The number of aryl methyl sites for hydroxylation is 1. The minimum Gasteiger partial charge on any atom is -0.462 e. The summed E-state index contributed by atoms with van der Waals surface area (Å²) in [7, 11) is 0. The first-order chi connectivity index (χ1) is 11.3. The molecular weight excluding hydrogens is 306 g/mol. The van der Waals surface area contributed by atoms with Crippen LogP contribution in [-0.4, -0.2) is 42.3 Å². The van der Waals surface area contributed by atoms with Crippen molar-refractivity contribution >= 4 is 12.1 Å². The molecule has 1 saturated heterocycles. The van der Waals surface area contributed by atoms with E-state index in [2.05, 4.69) is 0 Å². The number of rotatable bonds is 3. The van der Waals surface area contributed by atoms with E-state index < -0.39 is 5.60 Å². The van der Waals surface area contributed by atoms with E-state index in [9.17, 15) is 9.59 Å². The van der Waals surface area contributed by atoms with Gasteiger partial charge in [0.25, 0.3) is 0 Å². The van der Waals surface area contributed by atoms with E-state index in [4.69, 9.17) is 9.47 Å². The SMILES string of the molecule is Cc1ccccc1C(=O)OCC1CCN(C(=O)OC(C)(C)C)CC1. The van der Waals surface area contributed by atoms with Crippen molar-refractivity contribution in [3.8, 4) is 0 Å². The molecule has 0 unspecified atom stereocenters. The first kappa shape index (κ1) is 18.3. The van der Waals surface area contributed by atoms with Gasteiger partial charge in [-0.25, -0.2) is 9.59 Å². The van der Waals surface area contributed by atoms with Gasteiger partial charge in [0, 0.05) is 13.1 Å². The van der Waals surface area contributed by atoms with Crippen molar-refractivity contribution in [2.24, 2.45) is 5.92 Å². The van der Waals surface area contributed by atoms with E-state index in [1.807, 2.05) is 45.9 Å². The maximum atomic E-state index is 12.1. The van der Waals surface area contributed by atoms with Crippen LogP contribution in [0.4, 0.5) is 4.79 Å². The summed E-state index contributed by atoms with van der Waals surface area (Å²) in [5, 5.41) is 0. The van der Waals surface area contributed by atoms with Crippen LogP contribution < -0.4 is 0 Å². The molecule has 0 bridgehead atoms. The molecule has 0 spiro atoms. The summed E-state index contributed by atoms with van der Waals surface area (Å²) in [6, 6.07) is 7.42. The van der Waals surface area contributed by atoms with Crippen LogP contribution in [0, 0.1) is 12.8 Å². The average molecular weight is 333 g/mol. The molecule has 0 aliphatic carbocycles. The van der Waals surface area contributed by atoms with Crippen molar-refractivity contribution < 1.29 is 19.1 Å². The summed E-state index contributed by atoms with van der Waals surface area (Å²) in [6.07, 6.45) is 1.37. The molecule has 24 heavy (non-hydrogen) atoms. The van der Waals surface area contributed by atoms with E-state index >= 15 is 0 Å². The van der Waals surface area contributed by atoms with Gasteiger partial charge in [-0.2, -0.15) is 0 Å². The maximum Gasteiger partial charge on any atom is 0.410 e. The monoisotopic (exact) mass is 333 g/mol. The molecule has 132 valence electrons. The molecule has 5 heteroatoms. The molecule has 1 aromatic rings. The third-order valence-electron chi connectivity index (χ3n) is 4.08. The third-order valence-corrected chi connectivity index (χ3v) is 4.08. The lowest BCUT2D eigenvalue weighted by atomic mass is 9.98. The normalized spacial score (nSPS) is 15.9. The predicted octanol–water partition coefficient (Wildman–Crippen LogP) is 3.80. The van der Waals surface area contributed by atoms with Gasteiger partial charge in [0.1, 0.15) is 5.60 Å². The summed E-state index contributed by atoms with van der Waals surface area (Å²) in [5.74, 6) is 0.0133. The van der Waals surface area contributed by atoms with Gasteiger partial charge in [-0.3, -0.25) is 0 Å². The van der Waals surface area contributed by atoms with Crippen molar-refractivity contribution in [3.05, 3.63) is 35.4 Å². The van der Waals surface area contributed by atoms with Gasteiger partial charge in [-0.15, -0.1) is 0 Å². The van der Waals surface area contributed by atoms with Crippen LogP contribution in [0.2, 0.25) is 0 Å². The number of ether oxygens (including phenoxy) is 2. The van der Waals surface area contributed by atoms with E-state index in [1.165, 1.54) is 0 Å². The Morgan fingerprint density at radius 3 is 2.38 bits per heavy atom.